The summed E-state index contributed by atoms with van der Waals surface area (Å²) in [6, 6.07) is 1.95. The fourth-order valence-corrected chi connectivity index (χ4v) is 4.40. The van der Waals surface area contributed by atoms with Crippen LogP contribution in [0.1, 0.15) is 32.1 Å². The largest absolute Gasteiger partial charge is 0.337 e. The molecule has 1 atom stereocenters. The van der Waals surface area contributed by atoms with Crippen LogP contribution in [-0.4, -0.2) is 46.5 Å². The van der Waals surface area contributed by atoms with Crippen molar-refractivity contribution in [1.82, 2.24) is 4.90 Å². The van der Waals surface area contributed by atoms with E-state index in [9.17, 15) is 9.59 Å². The van der Waals surface area contributed by atoms with Crippen molar-refractivity contribution < 1.29 is 9.59 Å². The van der Waals surface area contributed by atoms with Crippen molar-refractivity contribution in [2.24, 2.45) is 10.9 Å². The highest BCUT2D eigenvalue weighted by Crippen LogP contribution is 2.30. The summed E-state index contributed by atoms with van der Waals surface area (Å²) in [4.78, 5) is 29.8. The van der Waals surface area contributed by atoms with Gasteiger partial charge in [0.25, 0.3) is 5.91 Å². The molecular weight excluding hydrogens is 298 g/mol. The molecule has 1 aliphatic carbocycles. The highest BCUT2D eigenvalue weighted by atomic mass is 32.2. The van der Waals surface area contributed by atoms with E-state index >= 15 is 0 Å². The van der Waals surface area contributed by atoms with Gasteiger partial charge in [0.15, 0.2) is 0 Å². The van der Waals surface area contributed by atoms with Crippen molar-refractivity contribution in [3.63, 3.8) is 0 Å². The fraction of sp³-hybridized carbons (Fsp3) is 0.625. The topological polar surface area (TPSA) is 73.5 Å². The predicted molar refractivity (Wildman–Crippen MR) is 85.5 cm³/mol. The summed E-state index contributed by atoms with van der Waals surface area (Å²) in [5.41, 5.74) is 1.63. The molecule has 0 aromatic carbocycles. The number of likely N-dealkylation sites (tertiary alicyclic amines) is 1. The normalized spacial score (nSPS) is 25.3. The average Bonchev–Trinajstić information content (AvgIpc) is 3.05. The standard InChI is InChI=1S/C16H19N3O2S/c17-8-11-7-12-9-19(6-5-14(12)18-16(11)21)15(20)10-22-13-3-1-2-4-13/h7,11,13H,1-6,9-10H2. The Labute approximate surface area is 134 Å². The van der Waals surface area contributed by atoms with Crippen LogP contribution in [0, 0.1) is 17.2 Å². The Morgan fingerprint density at radius 1 is 1.45 bits per heavy atom. The molecule has 22 heavy (non-hydrogen) atoms. The lowest BCUT2D eigenvalue weighted by atomic mass is 9.94. The molecule has 6 heteroatoms. The van der Waals surface area contributed by atoms with Crippen LogP contribution in [0.2, 0.25) is 0 Å². The first-order valence-electron chi connectivity index (χ1n) is 7.79. The highest BCUT2D eigenvalue weighted by molar-refractivity contribution is 8.00. The number of piperidine rings is 1. The molecule has 0 aromatic heterocycles. The third kappa shape index (κ3) is 3.25. The van der Waals surface area contributed by atoms with Gasteiger partial charge in [-0.05, 0) is 18.4 Å². The second-order valence-electron chi connectivity index (χ2n) is 5.98. The third-order valence-corrected chi connectivity index (χ3v) is 5.82. The number of nitrogens with zero attached hydrogens (tertiary/aromatic N) is 3. The molecule has 116 valence electrons. The molecule has 0 radical (unpaired) electrons. The number of dihydropyridines is 1. The molecule has 2 amide bonds. The zero-order valence-corrected chi connectivity index (χ0v) is 13.3. The van der Waals surface area contributed by atoms with Crippen molar-refractivity contribution in [2.45, 2.75) is 37.4 Å². The minimum absolute atomic E-state index is 0.155. The van der Waals surface area contributed by atoms with E-state index in [2.05, 4.69) is 4.99 Å². The van der Waals surface area contributed by atoms with E-state index in [-0.39, 0.29) is 11.8 Å². The molecule has 1 unspecified atom stereocenters. The van der Waals surface area contributed by atoms with Crippen LogP contribution in [0.25, 0.3) is 0 Å². The molecule has 2 aliphatic heterocycles. The maximum absolute atomic E-state index is 12.4. The van der Waals surface area contributed by atoms with Gasteiger partial charge in [-0.15, -0.1) is 11.8 Å². The SMILES string of the molecule is N#CC1C=C2CN(C(=O)CSC3CCCC3)CCC2=NC1=O. The summed E-state index contributed by atoms with van der Waals surface area (Å²) in [5, 5.41) is 9.60. The lowest BCUT2D eigenvalue weighted by Gasteiger charge is -2.31. The van der Waals surface area contributed by atoms with Gasteiger partial charge in [0, 0.05) is 24.8 Å². The van der Waals surface area contributed by atoms with E-state index < -0.39 is 5.92 Å². The quantitative estimate of drug-likeness (QED) is 0.797. The molecule has 2 heterocycles. The van der Waals surface area contributed by atoms with E-state index in [0.29, 0.717) is 30.5 Å². The number of aliphatic imine (C=N–C) groups is 1. The first-order chi connectivity index (χ1) is 10.7. The van der Waals surface area contributed by atoms with Crippen LogP contribution in [0.3, 0.4) is 0 Å². The maximum atomic E-state index is 12.4. The average molecular weight is 317 g/mol. The Kier molecular flexibility index (Phi) is 4.63. The number of carbonyl (C=O) groups is 2. The molecule has 2 fully saturated rings. The monoisotopic (exact) mass is 317 g/mol. The zero-order valence-electron chi connectivity index (χ0n) is 12.5. The third-order valence-electron chi connectivity index (χ3n) is 4.47. The second kappa shape index (κ2) is 6.66. The molecule has 1 saturated carbocycles. The van der Waals surface area contributed by atoms with E-state index in [0.717, 1.165) is 11.3 Å². The van der Waals surface area contributed by atoms with Crippen molar-refractivity contribution >= 4 is 29.3 Å². The molecule has 0 bridgehead atoms. The van der Waals surface area contributed by atoms with Crippen LogP contribution in [0.5, 0.6) is 0 Å². The summed E-state index contributed by atoms with van der Waals surface area (Å²) in [5.74, 6) is -0.480. The molecule has 3 rings (SSSR count). The smallest absolute Gasteiger partial charge is 0.267 e. The summed E-state index contributed by atoms with van der Waals surface area (Å²) >= 11 is 1.77. The molecule has 0 aromatic rings. The van der Waals surface area contributed by atoms with Gasteiger partial charge in [-0.1, -0.05) is 18.9 Å². The molecular formula is C16H19N3O2S. The Morgan fingerprint density at radius 3 is 2.95 bits per heavy atom. The van der Waals surface area contributed by atoms with Crippen molar-refractivity contribution in [3.05, 3.63) is 11.6 Å². The van der Waals surface area contributed by atoms with E-state index in [1.807, 2.05) is 11.0 Å². The van der Waals surface area contributed by atoms with Crippen LogP contribution in [0.15, 0.2) is 16.6 Å². The lowest BCUT2D eigenvalue weighted by molar-refractivity contribution is -0.128. The van der Waals surface area contributed by atoms with E-state index in [1.54, 1.807) is 17.8 Å². The zero-order chi connectivity index (χ0) is 15.5. The van der Waals surface area contributed by atoms with Gasteiger partial charge in [-0.25, -0.2) is 4.99 Å². The Balaban J connectivity index is 1.58. The second-order valence-corrected chi connectivity index (χ2v) is 7.27. The first-order valence-corrected chi connectivity index (χ1v) is 8.83. The van der Waals surface area contributed by atoms with Gasteiger partial charge in [0.2, 0.25) is 5.91 Å². The lowest BCUT2D eigenvalue weighted by Crippen LogP contribution is -2.42. The minimum atomic E-state index is -0.790. The maximum Gasteiger partial charge on any atom is 0.267 e. The van der Waals surface area contributed by atoms with Crippen LogP contribution in [-0.2, 0) is 9.59 Å². The van der Waals surface area contributed by atoms with Gasteiger partial charge >= 0.3 is 0 Å². The number of hydrogen-bond acceptors (Lipinski definition) is 4. The molecule has 0 N–H and O–H groups in total. The predicted octanol–water partition coefficient (Wildman–Crippen LogP) is 1.94. The van der Waals surface area contributed by atoms with Crippen molar-refractivity contribution in [1.29, 1.82) is 5.26 Å². The van der Waals surface area contributed by atoms with Gasteiger partial charge in [0.05, 0.1) is 17.5 Å². The van der Waals surface area contributed by atoms with Gasteiger partial charge in [0.1, 0.15) is 5.92 Å². The van der Waals surface area contributed by atoms with Crippen molar-refractivity contribution in [2.75, 3.05) is 18.8 Å². The molecule has 5 nitrogen and oxygen atoms in total. The minimum Gasteiger partial charge on any atom is -0.337 e. The number of amides is 2. The summed E-state index contributed by atoms with van der Waals surface area (Å²) in [7, 11) is 0. The van der Waals surface area contributed by atoms with Crippen LogP contribution < -0.4 is 0 Å². The first kappa shape index (κ1) is 15.3. The Morgan fingerprint density at radius 2 is 2.23 bits per heavy atom. The highest BCUT2D eigenvalue weighted by Gasteiger charge is 2.30. The number of fused-ring (bicyclic) bond motifs is 1. The summed E-state index contributed by atoms with van der Waals surface area (Å²) < 4.78 is 0. The van der Waals surface area contributed by atoms with Gasteiger partial charge in [-0.2, -0.15) is 5.26 Å². The van der Waals surface area contributed by atoms with Crippen LogP contribution in [0.4, 0.5) is 0 Å². The van der Waals surface area contributed by atoms with Gasteiger partial charge < -0.3 is 4.90 Å². The summed E-state index contributed by atoms with van der Waals surface area (Å²) in [6.07, 6.45) is 7.30. The number of nitriles is 1. The molecule has 1 saturated heterocycles. The van der Waals surface area contributed by atoms with Crippen LogP contribution >= 0.6 is 11.8 Å². The van der Waals surface area contributed by atoms with E-state index in [1.165, 1.54) is 25.7 Å². The Hall–Kier alpha value is -1.61. The van der Waals surface area contributed by atoms with E-state index in [4.69, 9.17) is 5.26 Å². The molecule has 3 aliphatic rings. The number of hydrogen-bond donors (Lipinski definition) is 0. The number of thioether (sulfide) groups is 1. The van der Waals surface area contributed by atoms with Gasteiger partial charge in [-0.3, -0.25) is 9.59 Å². The fourth-order valence-electron chi connectivity index (χ4n) is 3.17. The van der Waals surface area contributed by atoms with Crippen molar-refractivity contribution in [3.8, 4) is 6.07 Å². The summed E-state index contributed by atoms with van der Waals surface area (Å²) in [6.45, 7) is 1.10. The molecule has 0 spiro atoms. The number of rotatable bonds is 3. The Bertz CT molecular complexity index is 585. The number of carbonyl (C=O) groups excluding carboxylic acids is 2.